The van der Waals surface area contributed by atoms with Crippen molar-refractivity contribution >= 4 is 6.09 Å². The molecule has 1 saturated carbocycles. The van der Waals surface area contributed by atoms with E-state index in [1.165, 1.54) is 0 Å². The van der Waals surface area contributed by atoms with Crippen LogP contribution in [-0.2, 0) is 10.3 Å². The normalized spacial score (nSPS) is 22.7. The second kappa shape index (κ2) is 8.06. The third kappa shape index (κ3) is 4.68. The first-order valence-corrected chi connectivity index (χ1v) is 10.9. The summed E-state index contributed by atoms with van der Waals surface area (Å²) in [5, 5.41) is 13.5. The fourth-order valence-corrected chi connectivity index (χ4v) is 4.57. The summed E-state index contributed by atoms with van der Waals surface area (Å²) in [4.78, 5) is 16.8. The number of pyridine rings is 1. The number of benzene rings is 2. The van der Waals surface area contributed by atoms with Crippen molar-refractivity contribution in [3.8, 4) is 22.3 Å². The van der Waals surface area contributed by atoms with Gasteiger partial charge >= 0.3 is 6.09 Å². The maximum Gasteiger partial charge on any atom is 0.408 e. The van der Waals surface area contributed by atoms with Crippen molar-refractivity contribution in [3.63, 3.8) is 0 Å². The molecule has 166 valence electrons. The summed E-state index contributed by atoms with van der Waals surface area (Å²) in [6, 6.07) is 20.4. The van der Waals surface area contributed by atoms with Gasteiger partial charge in [0.2, 0.25) is 0 Å². The van der Waals surface area contributed by atoms with E-state index in [0.29, 0.717) is 12.8 Å². The first kappa shape index (κ1) is 22.0. The van der Waals surface area contributed by atoms with E-state index >= 15 is 0 Å². The Kier molecular flexibility index (Phi) is 5.55. The van der Waals surface area contributed by atoms with E-state index < -0.39 is 22.8 Å². The van der Waals surface area contributed by atoms with Gasteiger partial charge in [-0.3, -0.25) is 4.98 Å². The Morgan fingerprint density at radius 3 is 2.19 bits per heavy atom. The van der Waals surface area contributed by atoms with Crippen LogP contribution in [0.1, 0.15) is 46.1 Å². The topological polar surface area (TPSA) is 71.5 Å². The number of aliphatic hydroxyl groups is 1. The molecule has 1 aliphatic rings. The Morgan fingerprint density at radius 2 is 1.59 bits per heavy atom. The molecule has 5 nitrogen and oxygen atoms in total. The van der Waals surface area contributed by atoms with Crippen molar-refractivity contribution < 1.29 is 14.6 Å². The Labute approximate surface area is 189 Å². The average molecular weight is 431 g/mol. The summed E-state index contributed by atoms with van der Waals surface area (Å²) < 4.78 is 5.48. The lowest BCUT2D eigenvalue weighted by atomic mass is 9.62. The molecule has 1 fully saturated rings. The number of ether oxygens (including phenoxy) is 1. The Morgan fingerprint density at radius 1 is 0.969 bits per heavy atom. The highest BCUT2D eigenvalue weighted by molar-refractivity contribution is 5.82. The van der Waals surface area contributed by atoms with Crippen LogP contribution in [-0.4, -0.2) is 27.4 Å². The minimum absolute atomic E-state index is 0.431. The average Bonchev–Trinajstić information content (AvgIpc) is 2.71. The number of aromatic nitrogens is 1. The lowest BCUT2D eigenvalue weighted by Gasteiger charge is -2.52. The summed E-state index contributed by atoms with van der Waals surface area (Å²) in [5.74, 6) is 0. The molecule has 0 saturated heterocycles. The molecular formula is C27H30N2O3. The van der Waals surface area contributed by atoms with Gasteiger partial charge in [-0.1, -0.05) is 54.6 Å². The fraction of sp³-hybridized carbons (Fsp3) is 0.333. The third-order valence-electron chi connectivity index (χ3n) is 5.76. The number of amides is 1. The molecule has 5 heteroatoms. The van der Waals surface area contributed by atoms with Gasteiger partial charge in [-0.25, -0.2) is 4.79 Å². The predicted molar refractivity (Wildman–Crippen MR) is 126 cm³/mol. The molecule has 0 aliphatic heterocycles. The second-order valence-corrected chi connectivity index (χ2v) is 9.92. The third-order valence-corrected chi connectivity index (χ3v) is 5.76. The monoisotopic (exact) mass is 430 g/mol. The zero-order valence-electron chi connectivity index (χ0n) is 19.1. The molecule has 0 radical (unpaired) electrons. The summed E-state index contributed by atoms with van der Waals surface area (Å²) in [6.45, 7) is 7.30. The lowest BCUT2D eigenvalue weighted by Crippen LogP contribution is -2.62. The molecule has 1 heterocycles. The molecule has 2 N–H and O–H groups in total. The molecule has 1 amide bonds. The Bertz CT molecular complexity index is 1090. The number of alkyl carbamates (subject to hydrolysis) is 1. The van der Waals surface area contributed by atoms with E-state index in [2.05, 4.69) is 22.4 Å². The SMILES string of the molecule is CC1(O)CC(NC(=O)OC(C)(C)C)(c2ccc(-c3cnccc3-c3ccccc3)cc2)C1. The number of rotatable bonds is 4. The van der Waals surface area contributed by atoms with Crippen LogP contribution >= 0.6 is 0 Å². The molecule has 32 heavy (non-hydrogen) atoms. The largest absolute Gasteiger partial charge is 0.444 e. The standard InChI is InChI=1S/C27H30N2O3/c1-25(2,3)32-24(30)29-27(17-26(4,31)18-27)21-12-10-20(11-13-21)23-16-28-15-14-22(23)19-8-6-5-7-9-19/h5-16,31H,17-18H2,1-4H3,(H,29,30). The van der Waals surface area contributed by atoms with Crippen LogP contribution in [0, 0.1) is 0 Å². The van der Waals surface area contributed by atoms with Crippen LogP contribution in [0.15, 0.2) is 73.1 Å². The molecule has 0 unspecified atom stereocenters. The van der Waals surface area contributed by atoms with E-state index in [0.717, 1.165) is 27.8 Å². The quantitative estimate of drug-likeness (QED) is 0.559. The number of nitrogens with zero attached hydrogens (tertiary/aromatic N) is 1. The molecule has 0 atom stereocenters. The molecule has 3 aromatic rings. The second-order valence-electron chi connectivity index (χ2n) is 9.92. The van der Waals surface area contributed by atoms with Gasteiger partial charge in [0.05, 0.1) is 11.1 Å². The van der Waals surface area contributed by atoms with Gasteiger partial charge in [0, 0.05) is 30.8 Å². The molecular weight excluding hydrogens is 400 g/mol. The molecule has 0 spiro atoms. The minimum Gasteiger partial charge on any atom is -0.444 e. The van der Waals surface area contributed by atoms with Crippen molar-refractivity contribution in [1.82, 2.24) is 10.3 Å². The summed E-state index contributed by atoms with van der Waals surface area (Å²) in [6.07, 6.45) is 4.06. The smallest absolute Gasteiger partial charge is 0.408 e. The maximum atomic E-state index is 12.5. The van der Waals surface area contributed by atoms with E-state index in [-0.39, 0.29) is 0 Å². The number of hydrogen-bond acceptors (Lipinski definition) is 4. The zero-order chi connectivity index (χ0) is 23.0. The van der Waals surface area contributed by atoms with E-state index in [1.807, 2.05) is 75.5 Å². The Hall–Kier alpha value is -3.18. The Balaban J connectivity index is 1.64. The van der Waals surface area contributed by atoms with Crippen LogP contribution in [0.25, 0.3) is 22.3 Å². The van der Waals surface area contributed by atoms with Gasteiger partial charge in [-0.05, 0) is 56.0 Å². The van der Waals surface area contributed by atoms with Gasteiger partial charge in [-0.2, -0.15) is 0 Å². The van der Waals surface area contributed by atoms with Crippen molar-refractivity contribution in [2.24, 2.45) is 0 Å². The minimum atomic E-state index is -0.822. The first-order valence-electron chi connectivity index (χ1n) is 10.9. The van der Waals surface area contributed by atoms with Crippen molar-refractivity contribution in [2.45, 2.75) is 57.3 Å². The molecule has 4 rings (SSSR count). The highest BCUT2D eigenvalue weighted by Gasteiger charge is 2.53. The summed E-state index contributed by atoms with van der Waals surface area (Å²) in [5.41, 5.74) is 3.21. The molecule has 0 bridgehead atoms. The van der Waals surface area contributed by atoms with Gasteiger partial charge < -0.3 is 15.2 Å². The highest BCUT2D eigenvalue weighted by Crippen LogP contribution is 2.48. The number of nitrogens with one attached hydrogen (secondary N) is 1. The lowest BCUT2D eigenvalue weighted by molar-refractivity contribution is -0.0891. The maximum absolute atomic E-state index is 12.5. The fourth-order valence-electron chi connectivity index (χ4n) is 4.57. The van der Waals surface area contributed by atoms with Crippen LogP contribution < -0.4 is 5.32 Å². The van der Waals surface area contributed by atoms with Crippen LogP contribution in [0.2, 0.25) is 0 Å². The van der Waals surface area contributed by atoms with Gasteiger partial charge in [0.1, 0.15) is 5.60 Å². The summed E-state index contributed by atoms with van der Waals surface area (Å²) in [7, 11) is 0. The van der Waals surface area contributed by atoms with Crippen LogP contribution in [0.4, 0.5) is 4.79 Å². The predicted octanol–water partition coefficient (Wildman–Crippen LogP) is 5.68. The molecule has 1 aromatic heterocycles. The van der Waals surface area contributed by atoms with Crippen molar-refractivity contribution in [2.75, 3.05) is 0 Å². The first-order chi connectivity index (χ1) is 15.1. The van der Waals surface area contributed by atoms with Crippen molar-refractivity contribution in [1.29, 1.82) is 0 Å². The van der Waals surface area contributed by atoms with E-state index in [1.54, 1.807) is 13.1 Å². The van der Waals surface area contributed by atoms with E-state index in [9.17, 15) is 9.90 Å². The van der Waals surface area contributed by atoms with Crippen molar-refractivity contribution in [3.05, 3.63) is 78.6 Å². The van der Waals surface area contributed by atoms with Crippen LogP contribution in [0.3, 0.4) is 0 Å². The molecule has 1 aliphatic carbocycles. The van der Waals surface area contributed by atoms with Gasteiger partial charge in [0.25, 0.3) is 0 Å². The van der Waals surface area contributed by atoms with Gasteiger partial charge in [-0.15, -0.1) is 0 Å². The number of hydrogen-bond donors (Lipinski definition) is 2. The van der Waals surface area contributed by atoms with Gasteiger partial charge in [0.15, 0.2) is 0 Å². The zero-order valence-corrected chi connectivity index (χ0v) is 19.1. The summed E-state index contributed by atoms with van der Waals surface area (Å²) >= 11 is 0. The van der Waals surface area contributed by atoms with Crippen LogP contribution in [0.5, 0.6) is 0 Å². The highest BCUT2D eigenvalue weighted by atomic mass is 16.6. The number of carbonyl (C=O) groups is 1. The molecule has 2 aromatic carbocycles. The van der Waals surface area contributed by atoms with E-state index in [4.69, 9.17) is 4.74 Å². The number of carbonyl (C=O) groups excluding carboxylic acids is 1.